The molecule has 0 saturated heterocycles. The molecule has 2 aromatic carbocycles. The number of hydrogen-bond donors (Lipinski definition) is 1. The number of H-pyrrole nitrogens is 1. The summed E-state index contributed by atoms with van der Waals surface area (Å²) in [5, 5.41) is 7.79. The molecule has 1 aliphatic rings. The molecular weight excluding hydrogens is 454 g/mol. The predicted molar refractivity (Wildman–Crippen MR) is 140 cm³/mol. The topological polar surface area (TPSA) is 77.4 Å². The minimum atomic E-state index is 0.379. The van der Waals surface area contributed by atoms with E-state index in [-0.39, 0.29) is 0 Å². The normalized spacial score (nSPS) is 13.6. The van der Waals surface area contributed by atoms with E-state index >= 15 is 0 Å². The number of imidazole rings is 1. The van der Waals surface area contributed by atoms with Gasteiger partial charge in [0.15, 0.2) is 17.3 Å². The number of rotatable bonds is 8. The summed E-state index contributed by atoms with van der Waals surface area (Å²) in [4.78, 5) is 7.55. The van der Waals surface area contributed by atoms with Crippen LogP contribution in [0.15, 0.2) is 48.5 Å². The molecule has 4 aromatic rings. The predicted octanol–water partition coefficient (Wildman–Crippen LogP) is 5.11. The number of hydrogen-bond acceptors (Lipinski definition) is 6. The Morgan fingerprint density at radius 1 is 0.944 bits per heavy atom. The third kappa shape index (κ3) is 4.44. The Hall–Kier alpha value is -3.78. The van der Waals surface area contributed by atoms with Crippen molar-refractivity contribution < 1.29 is 14.2 Å². The standard InChI is InChI=1S/C28H33N5O3/c1-18(2)21-15-22(31-30-21)28-29-26(20-9-7-6-8-10-20)23-17-32(11-12-33(23)28)16-19-13-24(34-3)27(36-5)25(14-19)35-4/h6-10,13-15,18H,11-12,16-17H2,1-5H3,(H,30,31). The van der Waals surface area contributed by atoms with Gasteiger partial charge in [-0.25, -0.2) is 4.98 Å². The highest BCUT2D eigenvalue weighted by atomic mass is 16.5. The highest BCUT2D eigenvalue weighted by molar-refractivity contribution is 5.67. The molecule has 0 unspecified atom stereocenters. The van der Waals surface area contributed by atoms with Crippen LogP contribution >= 0.6 is 0 Å². The molecule has 8 heteroatoms. The maximum atomic E-state index is 5.57. The molecule has 0 aliphatic carbocycles. The van der Waals surface area contributed by atoms with E-state index in [4.69, 9.17) is 19.2 Å². The molecule has 0 radical (unpaired) electrons. The number of ether oxygens (including phenoxy) is 3. The third-order valence-corrected chi connectivity index (χ3v) is 6.71. The van der Waals surface area contributed by atoms with Gasteiger partial charge in [0, 0.05) is 37.4 Å². The molecule has 1 N–H and O–H groups in total. The van der Waals surface area contributed by atoms with E-state index in [2.05, 4.69) is 63.8 Å². The van der Waals surface area contributed by atoms with Crippen molar-refractivity contribution in [3.05, 3.63) is 65.5 Å². The van der Waals surface area contributed by atoms with Crippen molar-refractivity contribution in [3.8, 4) is 40.0 Å². The minimum absolute atomic E-state index is 0.379. The van der Waals surface area contributed by atoms with E-state index in [0.29, 0.717) is 23.2 Å². The summed E-state index contributed by atoms with van der Waals surface area (Å²) in [6, 6.07) is 16.6. The lowest BCUT2D eigenvalue weighted by Crippen LogP contribution is -2.33. The second-order valence-electron chi connectivity index (χ2n) is 9.36. The van der Waals surface area contributed by atoms with E-state index in [1.165, 1.54) is 5.69 Å². The second-order valence-corrected chi connectivity index (χ2v) is 9.36. The first-order valence-electron chi connectivity index (χ1n) is 12.2. The van der Waals surface area contributed by atoms with Crippen LogP contribution in [0.5, 0.6) is 17.2 Å². The lowest BCUT2D eigenvalue weighted by atomic mass is 10.1. The number of nitrogens with one attached hydrogen (secondary N) is 1. The quantitative estimate of drug-likeness (QED) is 0.372. The smallest absolute Gasteiger partial charge is 0.203 e. The van der Waals surface area contributed by atoms with Crippen LogP contribution in [0.25, 0.3) is 22.8 Å². The zero-order valence-electron chi connectivity index (χ0n) is 21.5. The molecule has 188 valence electrons. The molecule has 5 rings (SSSR count). The number of methoxy groups -OCH3 is 3. The number of aromatic nitrogens is 4. The average molecular weight is 488 g/mol. The molecule has 2 aromatic heterocycles. The van der Waals surface area contributed by atoms with Crippen molar-refractivity contribution >= 4 is 0 Å². The highest BCUT2D eigenvalue weighted by Crippen LogP contribution is 2.39. The molecule has 0 amide bonds. The van der Waals surface area contributed by atoms with Gasteiger partial charge in [-0.3, -0.25) is 10.00 Å². The van der Waals surface area contributed by atoms with Gasteiger partial charge in [0.2, 0.25) is 5.75 Å². The summed E-state index contributed by atoms with van der Waals surface area (Å²) in [5.41, 5.74) is 6.43. The molecule has 8 nitrogen and oxygen atoms in total. The van der Waals surface area contributed by atoms with Crippen molar-refractivity contribution in [1.29, 1.82) is 0 Å². The van der Waals surface area contributed by atoms with Crippen LogP contribution in [-0.2, 0) is 19.6 Å². The Bertz CT molecular complexity index is 1320. The highest BCUT2D eigenvalue weighted by Gasteiger charge is 2.27. The van der Waals surface area contributed by atoms with E-state index in [0.717, 1.165) is 60.2 Å². The second kappa shape index (κ2) is 10.1. The van der Waals surface area contributed by atoms with E-state index in [1.54, 1.807) is 21.3 Å². The fourth-order valence-electron chi connectivity index (χ4n) is 4.81. The van der Waals surface area contributed by atoms with Gasteiger partial charge in [0.1, 0.15) is 5.69 Å². The van der Waals surface area contributed by atoms with Crippen LogP contribution in [0.1, 0.15) is 36.7 Å². The van der Waals surface area contributed by atoms with Crippen molar-refractivity contribution in [3.63, 3.8) is 0 Å². The number of aromatic amines is 1. The van der Waals surface area contributed by atoms with Crippen LogP contribution in [0.2, 0.25) is 0 Å². The summed E-state index contributed by atoms with van der Waals surface area (Å²) in [5.74, 6) is 3.24. The van der Waals surface area contributed by atoms with Gasteiger partial charge >= 0.3 is 0 Å². The summed E-state index contributed by atoms with van der Waals surface area (Å²) in [6.07, 6.45) is 0. The van der Waals surface area contributed by atoms with Gasteiger partial charge in [0.25, 0.3) is 0 Å². The van der Waals surface area contributed by atoms with Gasteiger partial charge in [-0.1, -0.05) is 44.2 Å². The lowest BCUT2D eigenvalue weighted by molar-refractivity contribution is 0.213. The van der Waals surface area contributed by atoms with E-state index in [1.807, 2.05) is 18.2 Å². The monoisotopic (exact) mass is 487 g/mol. The Balaban J connectivity index is 1.50. The first kappa shape index (κ1) is 23.9. The average Bonchev–Trinajstić information content (AvgIpc) is 3.54. The SMILES string of the molecule is COc1cc(CN2CCn3c(-c4cc(C(C)C)[nH]n4)nc(-c4ccccc4)c3C2)cc(OC)c1OC. The molecule has 0 atom stereocenters. The van der Waals surface area contributed by atoms with Crippen LogP contribution in [-0.4, -0.2) is 52.5 Å². The summed E-state index contributed by atoms with van der Waals surface area (Å²) < 4.78 is 19.0. The summed E-state index contributed by atoms with van der Waals surface area (Å²) in [6.45, 7) is 7.58. The van der Waals surface area contributed by atoms with Crippen LogP contribution in [0.3, 0.4) is 0 Å². The zero-order chi connectivity index (χ0) is 25.2. The summed E-state index contributed by atoms with van der Waals surface area (Å²) >= 11 is 0. The van der Waals surface area contributed by atoms with Gasteiger partial charge in [-0.15, -0.1) is 0 Å². The van der Waals surface area contributed by atoms with Gasteiger partial charge < -0.3 is 18.8 Å². The molecule has 0 saturated carbocycles. The van der Waals surface area contributed by atoms with Crippen molar-refractivity contribution in [2.24, 2.45) is 0 Å². The lowest BCUT2D eigenvalue weighted by Gasteiger charge is -2.29. The first-order valence-corrected chi connectivity index (χ1v) is 12.2. The fraction of sp³-hybridized carbons (Fsp3) is 0.357. The molecule has 36 heavy (non-hydrogen) atoms. The van der Waals surface area contributed by atoms with Crippen LogP contribution < -0.4 is 14.2 Å². The maximum absolute atomic E-state index is 5.57. The van der Waals surface area contributed by atoms with Gasteiger partial charge in [-0.05, 0) is 29.7 Å². The molecule has 0 bridgehead atoms. The number of benzene rings is 2. The molecule has 0 spiro atoms. The maximum Gasteiger partial charge on any atom is 0.203 e. The number of fused-ring (bicyclic) bond motifs is 1. The van der Waals surface area contributed by atoms with Crippen molar-refractivity contribution in [2.75, 3.05) is 27.9 Å². The van der Waals surface area contributed by atoms with Gasteiger partial charge in [-0.2, -0.15) is 5.10 Å². The minimum Gasteiger partial charge on any atom is -0.493 e. The molecule has 1 aliphatic heterocycles. The Morgan fingerprint density at radius 3 is 2.28 bits per heavy atom. The summed E-state index contributed by atoms with van der Waals surface area (Å²) in [7, 11) is 4.92. The number of nitrogens with zero attached hydrogens (tertiary/aromatic N) is 4. The van der Waals surface area contributed by atoms with E-state index in [9.17, 15) is 0 Å². The van der Waals surface area contributed by atoms with Crippen molar-refractivity contribution in [1.82, 2.24) is 24.6 Å². The van der Waals surface area contributed by atoms with Crippen LogP contribution in [0.4, 0.5) is 0 Å². The third-order valence-electron chi connectivity index (χ3n) is 6.71. The molecular formula is C28H33N5O3. The fourth-order valence-corrected chi connectivity index (χ4v) is 4.81. The van der Waals surface area contributed by atoms with E-state index < -0.39 is 0 Å². The molecule has 3 heterocycles. The molecule has 0 fully saturated rings. The van der Waals surface area contributed by atoms with Crippen molar-refractivity contribution in [2.45, 2.75) is 39.4 Å². The zero-order valence-corrected chi connectivity index (χ0v) is 21.5. The Kier molecular flexibility index (Phi) is 6.69. The Labute approximate surface area is 211 Å². The van der Waals surface area contributed by atoms with Gasteiger partial charge in [0.05, 0.1) is 32.7 Å². The largest absolute Gasteiger partial charge is 0.493 e. The first-order chi connectivity index (χ1) is 17.5. The Morgan fingerprint density at radius 2 is 1.67 bits per heavy atom. The van der Waals surface area contributed by atoms with Crippen LogP contribution in [0, 0.1) is 0 Å².